The summed E-state index contributed by atoms with van der Waals surface area (Å²) in [5, 5.41) is 0.744. The van der Waals surface area contributed by atoms with Crippen LogP contribution < -0.4 is 5.73 Å². The minimum atomic E-state index is 0.0145. The molecule has 0 aliphatic carbocycles. The third-order valence-corrected chi connectivity index (χ3v) is 4.21. The molecular weight excluding hydrogens is 348 g/mol. The molecule has 2 N–H and O–H groups in total. The van der Waals surface area contributed by atoms with Crippen molar-refractivity contribution >= 4 is 27.5 Å². The van der Waals surface area contributed by atoms with Gasteiger partial charge in [-0.1, -0.05) is 51.8 Å². The normalized spacial score (nSPS) is 14.2. The molecule has 2 unspecified atom stereocenters. The highest BCUT2D eigenvalue weighted by molar-refractivity contribution is 9.10. The Morgan fingerprint density at radius 3 is 2.52 bits per heavy atom. The van der Waals surface area contributed by atoms with Crippen LogP contribution >= 0.6 is 27.5 Å². The van der Waals surface area contributed by atoms with Crippen LogP contribution in [0.15, 0.2) is 53.0 Å². The van der Waals surface area contributed by atoms with E-state index in [-0.39, 0.29) is 12.1 Å². The van der Waals surface area contributed by atoms with E-state index in [0.717, 1.165) is 21.6 Å². The molecule has 2 aromatic carbocycles. The summed E-state index contributed by atoms with van der Waals surface area (Å²) >= 11 is 9.63. The van der Waals surface area contributed by atoms with Gasteiger partial charge in [0.15, 0.2) is 0 Å². The first-order valence-electron chi connectivity index (χ1n) is 6.93. The van der Waals surface area contributed by atoms with Crippen LogP contribution in [0.1, 0.15) is 24.1 Å². The Hall–Kier alpha value is -0.870. The van der Waals surface area contributed by atoms with Gasteiger partial charge in [-0.2, -0.15) is 0 Å². The Morgan fingerprint density at radius 2 is 1.90 bits per heavy atom. The van der Waals surface area contributed by atoms with E-state index in [1.165, 1.54) is 5.56 Å². The first-order valence-corrected chi connectivity index (χ1v) is 8.10. The maximum Gasteiger partial charge on any atom is 0.0497 e. The van der Waals surface area contributed by atoms with E-state index in [1.54, 1.807) is 0 Å². The van der Waals surface area contributed by atoms with Crippen molar-refractivity contribution in [2.45, 2.75) is 25.6 Å². The highest BCUT2D eigenvalue weighted by Crippen LogP contribution is 2.26. The van der Waals surface area contributed by atoms with Gasteiger partial charge in [0.05, 0.1) is 0 Å². The van der Waals surface area contributed by atoms with Crippen molar-refractivity contribution < 1.29 is 0 Å². The maximum atomic E-state index is 6.21. The molecular formula is C17H20BrClN2. The molecule has 0 fully saturated rings. The van der Waals surface area contributed by atoms with E-state index in [0.29, 0.717) is 0 Å². The number of hydrogen-bond donors (Lipinski definition) is 1. The van der Waals surface area contributed by atoms with Gasteiger partial charge in [0, 0.05) is 28.1 Å². The predicted molar refractivity (Wildman–Crippen MR) is 93.5 cm³/mol. The lowest BCUT2D eigenvalue weighted by atomic mass is 9.99. The van der Waals surface area contributed by atoms with Crippen LogP contribution in [0, 0.1) is 0 Å². The number of benzene rings is 2. The van der Waals surface area contributed by atoms with Crippen molar-refractivity contribution in [3.63, 3.8) is 0 Å². The lowest BCUT2D eigenvalue weighted by Gasteiger charge is -2.31. The topological polar surface area (TPSA) is 29.3 Å². The molecule has 0 aromatic heterocycles. The van der Waals surface area contributed by atoms with E-state index in [4.69, 9.17) is 17.3 Å². The van der Waals surface area contributed by atoms with Crippen molar-refractivity contribution in [1.82, 2.24) is 4.90 Å². The minimum Gasteiger partial charge on any atom is -0.326 e. The van der Waals surface area contributed by atoms with Crippen molar-refractivity contribution in [2.75, 3.05) is 7.05 Å². The summed E-state index contributed by atoms with van der Waals surface area (Å²) < 4.78 is 1.09. The Bertz CT molecular complexity index is 601. The fourth-order valence-electron chi connectivity index (χ4n) is 2.67. The van der Waals surface area contributed by atoms with Crippen molar-refractivity contribution in [3.8, 4) is 0 Å². The molecule has 21 heavy (non-hydrogen) atoms. The largest absolute Gasteiger partial charge is 0.326 e. The van der Waals surface area contributed by atoms with Gasteiger partial charge in [-0.25, -0.2) is 0 Å². The van der Waals surface area contributed by atoms with E-state index in [9.17, 15) is 0 Å². The molecule has 0 aliphatic heterocycles. The molecule has 2 nitrogen and oxygen atoms in total. The zero-order valence-electron chi connectivity index (χ0n) is 12.3. The molecule has 0 aliphatic rings. The number of halogens is 2. The summed E-state index contributed by atoms with van der Waals surface area (Å²) in [5.74, 6) is 0. The van der Waals surface area contributed by atoms with Crippen LogP contribution in [0.3, 0.4) is 0 Å². The minimum absolute atomic E-state index is 0.0145. The second-order valence-electron chi connectivity index (χ2n) is 5.40. The lowest BCUT2D eigenvalue weighted by Crippen LogP contribution is -2.36. The number of rotatable bonds is 5. The third kappa shape index (κ3) is 4.55. The summed E-state index contributed by atoms with van der Waals surface area (Å²) in [4.78, 5) is 2.26. The zero-order valence-corrected chi connectivity index (χ0v) is 14.6. The van der Waals surface area contributed by atoms with Crippen LogP contribution in [0.5, 0.6) is 0 Å². The van der Waals surface area contributed by atoms with E-state index >= 15 is 0 Å². The first kappa shape index (κ1) is 16.5. The second-order valence-corrected chi connectivity index (χ2v) is 6.76. The maximum absolute atomic E-state index is 6.21. The molecule has 0 heterocycles. The summed E-state index contributed by atoms with van der Waals surface area (Å²) in [6.45, 7) is 2.86. The van der Waals surface area contributed by atoms with E-state index < -0.39 is 0 Å². The second kappa shape index (κ2) is 7.41. The molecule has 0 bridgehead atoms. The van der Waals surface area contributed by atoms with E-state index in [2.05, 4.69) is 46.1 Å². The van der Waals surface area contributed by atoms with Crippen LogP contribution in [-0.2, 0) is 6.54 Å². The van der Waals surface area contributed by atoms with Crippen molar-refractivity contribution in [2.24, 2.45) is 5.73 Å². The Labute approximate surface area is 140 Å². The number of nitrogens with two attached hydrogens (primary N) is 1. The van der Waals surface area contributed by atoms with Crippen LogP contribution in [0.25, 0.3) is 0 Å². The number of likely N-dealkylation sites (N-methyl/N-ethyl adjacent to an activating group) is 1. The van der Waals surface area contributed by atoms with Crippen molar-refractivity contribution in [3.05, 3.63) is 69.2 Å². The Balaban J connectivity index is 2.22. The summed E-state index contributed by atoms with van der Waals surface area (Å²) in [6.07, 6.45) is 0. The summed E-state index contributed by atoms with van der Waals surface area (Å²) in [7, 11) is 2.09. The highest BCUT2D eigenvalue weighted by Gasteiger charge is 2.21. The van der Waals surface area contributed by atoms with E-state index in [1.807, 2.05) is 37.3 Å². The fourth-order valence-corrected chi connectivity index (χ4v) is 3.32. The standard InChI is InChI=1S/C17H20BrClN2/c1-12(20)17(14-6-4-8-16(19)10-14)21(2)11-13-5-3-7-15(18)9-13/h3-10,12,17H,11,20H2,1-2H3. The molecule has 2 rings (SSSR count). The molecule has 0 radical (unpaired) electrons. The average Bonchev–Trinajstić information content (AvgIpc) is 2.38. The summed E-state index contributed by atoms with van der Waals surface area (Å²) in [6, 6.07) is 16.4. The monoisotopic (exact) mass is 366 g/mol. The van der Waals surface area contributed by atoms with Crippen molar-refractivity contribution in [1.29, 1.82) is 0 Å². The third-order valence-electron chi connectivity index (χ3n) is 3.48. The molecule has 0 saturated carbocycles. The van der Waals surface area contributed by atoms with Gasteiger partial charge in [0.2, 0.25) is 0 Å². The molecule has 0 saturated heterocycles. The number of nitrogens with zero attached hydrogens (tertiary/aromatic N) is 1. The van der Waals surface area contributed by atoms with Gasteiger partial charge in [-0.3, -0.25) is 4.90 Å². The van der Waals surface area contributed by atoms with Crippen LogP contribution in [0.2, 0.25) is 5.02 Å². The average molecular weight is 368 g/mol. The van der Waals surface area contributed by atoms with Gasteiger partial charge in [-0.05, 0) is 49.4 Å². The Kier molecular flexibility index (Phi) is 5.82. The summed E-state index contributed by atoms with van der Waals surface area (Å²) in [5.41, 5.74) is 8.61. The molecule has 2 aromatic rings. The van der Waals surface area contributed by atoms with Crippen LogP contribution in [-0.4, -0.2) is 18.0 Å². The van der Waals surface area contributed by atoms with Gasteiger partial charge >= 0.3 is 0 Å². The highest BCUT2D eigenvalue weighted by atomic mass is 79.9. The SMILES string of the molecule is CC(N)C(c1cccc(Cl)c1)N(C)Cc1cccc(Br)c1. The molecule has 0 spiro atoms. The molecule has 112 valence electrons. The van der Waals surface area contributed by atoms with Gasteiger partial charge < -0.3 is 5.73 Å². The smallest absolute Gasteiger partial charge is 0.0497 e. The lowest BCUT2D eigenvalue weighted by molar-refractivity contribution is 0.211. The molecule has 4 heteroatoms. The fraction of sp³-hybridized carbons (Fsp3) is 0.294. The predicted octanol–water partition coefficient (Wildman–Crippen LogP) is 4.62. The van der Waals surface area contributed by atoms with Gasteiger partial charge in [0.1, 0.15) is 0 Å². The van der Waals surface area contributed by atoms with Crippen LogP contribution in [0.4, 0.5) is 0 Å². The zero-order chi connectivity index (χ0) is 15.4. The Morgan fingerprint density at radius 1 is 1.19 bits per heavy atom. The number of hydrogen-bond acceptors (Lipinski definition) is 2. The molecule has 0 amide bonds. The molecule has 2 atom stereocenters. The van der Waals surface area contributed by atoms with Gasteiger partial charge in [0.25, 0.3) is 0 Å². The van der Waals surface area contributed by atoms with Gasteiger partial charge in [-0.15, -0.1) is 0 Å². The quantitative estimate of drug-likeness (QED) is 0.835. The first-order chi connectivity index (χ1) is 9.97.